The second-order valence-corrected chi connectivity index (χ2v) is 9.69. The van der Waals surface area contributed by atoms with E-state index in [0.29, 0.717) is 18.4 Å². The van der Waals surface area contributed by atoms with Gasteiger partial charge >= 0.3 is 6.09 Å². The molecule has 0 radical (unpaired) electrons. The number of nitrogens with one attached hydrogen (secondary N) is 1. The number of anilines is 1. The maximum atomic E-state index is 12.4. The van der Waals surface area contributed by atoms with Crippen LogP contribution in [0.1, 0.15) is 39.2 Å². The number of aromatic nitrogens is 2. The normalized spacial score (nSPS) is 14.6. The summed E-state index contributed by atoms with van der Waals surface area (Å²) in [5.41, 5.74) is 2.21. The average Bonchev–Trinajstić information content (AvgIpc) is 2.82. The van der Waals surface area contributed by atoms with Gasteiger partial charge in [0, 0.05) is 51.2 Å². The molecule has 2 aromatic rings. The van der Waals surface area contributed by atoms with Crippen LogP contribution in [0.15, 0.2) is 36.7 Å². The Labute approximate surface area is 201 Å². The highest BCUT2D eigenvalue weighted by Crippen LogP contribution is 2.23. The van der Waals surface area contributed by atoms with Gasteiger partial charge in [0.1, 0.15) is 12.1 Å². The number of nitrogens with zero attached hydrogens (tertiary/aromatic N) is 4. The van der Waals surface area contributed by atoms with Crippen molar-refractivity contribution in [2.24, 2.45) is 5.92 Å². The molecule has 1 saturated heterocycles. The number of aliphatic hydroxyl groups excluding tert-OH is 1. The third kappa shape index (κ3) is 7.41. The minimum atomic E-state index is -0.613. The number of aliphatic hydroxyl groups is 1. The molecule has 184 valence electrons. The van der Waals surface area contributed by atoms with Crippen molar-refractivity contribution in [2.45, 2.75) is 45.8 Å². The van der Waals surface area contributed by atoms with E-state index in [1.54, 1.807) is 32.7 Å². The SMILES string of the molecule is CN(Cc1cccc(-c2cnc(N3CCC(CO)CC3)nc2)c1)C(=O)CNC(=O)OC(C)(C)C. The average molecular weight is 470 g/mol. The van der Waals surface area contributed by atoms with Crippen molar-refractivity contribution in [2.75, 3.05) is 38.2 Å². The van der Waals surface area contributed by atoms with Crippen LogP contribution >= 0.6 is 0 Å². The van der Waals surface area contributed by atoms with Gasteiger partial charge in [-0.15, -0.1) is 0 Å². The quantitative estimate of drug-likeness (QED) is 0.642. The largest absolute Gasteiger partial charge is 0.444 e. The highest BCUT2D eigenvalue weighted by Gasteiger charge is 2.20. The lowest BCUT2D eigenvalue weighted by Gasteiger charge is -2.31. The van der Waals surface area contributed by atoms with Crippen molar-refractivity contribution in [3.05, 3.63) is 42.2 Å². The number of alkyl carbamates (subject to hydrolysis) is 1. The fourth-order valence-corrected chi connectivity index (χ4v) is 3.76. The minimum absolute atomic E-state index is 0.129. The fraction of sp³-hybridized carbons (Fsp3) is 0.520. The van der Waals surface area contributed by atoms with E-state index in [1.165, 1.54) is 0 Å². The zero-order valence-electron chi connectivity index (χ0n) is 20.5. The maximum Gasteiger partial charge on any atom is 0.408 e. The number of piperidine rings is 1. The van der Waals surface area contributed by atoms with Crippen molar-refractivity contribution in [3.8, 4) is 11.1 Å². The van der Waals surface area contributed by atoms with Crippen molar-refractivity contribution in [3.63, 3.8) is 0 Å². The van der Waals surface area contributed by atoms with E-state index in [0.717, 1.165) is 42.6 Å². The molecule has 0 saturated carbocycles. The first-order valence-corrected chi connectivity index (χ1v) is 11.6. The lowest BCUT2D eigenvalue weighted by atomic mass is 9.98. The predicted octanol–water partition coefficient (Wildman–Crippen LogP) is 2.84. The molecule has 1 fully saturated rings. The second-order valence-electron chi connectivity index (χ2n) is 9.69. The summed E-state index contributed by atoms with van der Waals surface area (Å²) < 4.78 is 5.16. The molecular weight excluding hydrogens is 434 g/mol. The van der Waals surface area contributed by atoms with Crippen LogP contribution in [0.25, 0.3) is 11.1 Å². The Morgan fingerprint density at radius 2 is 1.85 bits per heavy atom. The molecule has 34 heavy (non-hydrogen) atoms. The van der Waals surface area contributed by atoms with E-state index in [2.05, 4.69) is 20.2 Å². The first kappa shape index (κ1) is 25.4. The van der Waals surface area contributed by atoms with Crippen molar-refractivity contribution in [1.82, 2.24) is 20.2 Å². The van der Waals surface area contributed by atoms with Gasteiger partial charge in [-0.1, -0.05) is 18.2 Å². The van der Waals surface area contributed by atoms with Gasteiger partial charge in [0.05, 0.1) is 0 Å². The Balaban J connectivity index is 1.56. The number of carbonyl (C=O) groups excluding carboxylic acids is 2. The number of hydrogen-bond donors (Lipinski definition) is 2. The van der Waals surface area contributed by atoms with Gasteiger partial charge in [0.2, 0.25) is 11.9 Å². The van der Waals surface area contributed by atoms with Gasteiger partial charge in [-0.3, -0.25) is 4.79 Å². The summed E-state index contributed by atoms with van der Waals surface area (Å²) in [6, 6.07) is 7.89. The van der Waals surface area contributed by atoms with Gasteiger partial charge < -0.3 is 25.0 Å². The van der Waals surface area contributed by atoms with Crippen LogP contribution in [-0.4, -0.2) is 70.9 Å². The van der Waals surface area contributed by atoms with Crippen LogP contribution in [0, 0.1) is 5.92 Å². The molecule has 2 N–H and O–H groups in total. The van der Waals surface area contributed by atoms with E-state index in [4.69, 9.17) is 4.74 Å². The number of hydrogen-bond acceptors (Lipinski definition) is 7. The zero-order chi connectivity index (χ0) is 24.7. The number of amides is 2. The van der Waals surface area contributed by atoms with E-state index in [-0.39, 0.29) is 19.1 Å². The van der Waals surface area contributed by atoms with Crippen molar-refractivity contribution in [1.29, 1.82) is 0 Å². The molecule has 1 aromatic carbocycles. The summed E-state index contributed by atoms with van der Waals surface area (Å²) in [6.45, 7) is 7.53. The Morgan fingerprint density at radius 3 is 2.47 bits per heavy atom. The first-order valence-electron chi connectivity index (χ1n) is 11.6. The second kappa shape index (κ2) is 11.3. The predicted molar refractivity (Wildman–Crippen MR) is 130 cm³/mol. The molecule has 1 aliphatic heterocycles. The van der Waals surface area contributed by atoms with Gasteiger partial charge in [0.15, 0.2) is 0 Å². The van der Waals surface area contributed by atoms with Gasteiger partial charge in [-0.05, 0) is 56.7 Å². The Hall–Kier alpha value is -3.20. The molecule has 0 unspecified atom stereocenters. The molecule has 0 atom stereocenters. The molecule has 1 aliphatic rings. The van der Waals surface area contributed by atoms with Crippen molar-refractivity contribution < 1.29 is 19.4 Å². The number of carbonyl (C=O) groups is 2. The number of rotatable bonds is 7. The van der Waals surface area contributed by atoms with E-state index in [9.17, 15) is 14.7 Å². The van der Waals surface area contributed by atoms with Crippen LogP contribution in [0.2, 0.25) is 0 Å². The molecule has 2 heterocycles. The van der Waals surface area contributed by atoms with E-state index in [1.807, 2.05) is 36.7 Å². The molecule has 0 aliphatic carbocycles. The summed E-state index contributed by atoms with van der Waals surface area (Å²) in [5.74, 6) is 0.865. The standard InChI is InChI=1S/C25H35N5O4/c1-25(2,3)34-24(33)28-15-22(32)29(4)16-19-6-5-7-20(12-19)21-13-26-23(27-14-21)30-10-8-18(17-31)9-11-30/h5-7,12-14,18,31H,8-11,15-17H2,1-4H3,(H,28,33). The Kier molecular flexibility index (Phi) is 8.44. The van der Waals surface area contributed by atoms with Crippen LogP contribution in [0.4, 0.5) is 10.7 Å². The topological polar surface area (TPSA) is 108 Å². The van der Waals surface area contributed by atoms with Crippen LogP contribution < -0.4 is 10.2 Å². The third-order valence-electron chi connectivity index (χ3n) is 5.68. The van der Waals surface area contributed by atoms with Crippen LogP contribution in [0.5, 0.6) is 0 Å². The highest BCUT2D eigenvalue weighted by molar-refractivity contribution is 5.82. The van der Waals surface area contributed by atoms with Crippen molar-refractivity contribution >= 4 is 17.9 Å². The van der Waals surface area contributed by atoms with E-state index < -0.39 is 11.7 Å². The molecule has 0 bridgehead atoms. The minimum Gasteiger partial charge on any atom is -0.444 e. The van der Waals surface area contributed by atoms with E-state index >= 15 is 0 Å². The molecular formula is C25H35N5O4. The van der Waals surface area contributed by atoms with Crippen LogP contribution in [-0.2, 0) is 16.1 Å². The lowest BCUT2D eigenvalue weighted by Crippen LogP contribution is -2.40. The summed E-state index contributed by atoms with van der Waals surface area (Å²) in [4.78, 5) is 37.0. The highest BCUT2D eigenvalue weighted by atomic mass is 16.6. The molecule has 3 rings (SSSR count). The molecule has 1 aromatic heterocycles. The third-order valence-corrected chi connectivity index (χ3v) is 5.68. The Bertz CT molecular complexity index is 966. The molecule has 9 nitrogen and oxygen atoms in total. The summed E-state index contributed by atoms with van der Waals surface area (Å²) >= 11 is 0. The molecule has 2 amide bonds. The first-order chi connectivity index (χ1) is 16.1. The fourth-order valence-electron chi connectivity index (χ4n) is 3.76. The number of likely N-dealkylation sites (N-methyl/N-ethyl adjacent to an activating group) is 1. The molecule has 9 heteroatoms. The smallest absolute Gasteiger partial charge is 0.408 e. The monoisotopic (exact) mass is 469 g/mol. The Morgan fingerprint density at radius 1 is 1.18 bits per heavy atom. The zero-order valence-corrected chi connectivity index (χ0v) is 20.5. The van der Waals surface area contributed by atoms with Crippen LogP contribution in [0.3, 0.4) is 0 Å². The summed E-state index contributed by atoms with van der Waals surface area (Å²) in [5, 5.41) is 11.8. The lowest BCUT2D eigenvalue weighted by molar-refractivity contribution is -0.129. The summed E-state index contributed by atoms with van der Waals surface area (Å²) in [6.07, 6.45) is 4.92. The van der Waals surface area contributed by atoms with Gasteiger partial charge in [-0.25, -0.2) is 14.8 Å². The number of benzene rings is 1. The summed E-state index contributed by atoms with van der Waals surface area (Å²) in [7, 11) is 1.70. The number of ether oxygens (including phenoxy) is 1. The van der Waals surface area contributed by atoms with Gasteiger partial charge in [-0.2, -0.15) is 0 Å². The van der Waals surface area contributed by atoms with Gasteiger partial charge in [0.25, 0.3) is 0 Å². The maximum absolute atomic E-state index is 12.4. The molecule has 0 spiro atoms.